The molecule has 1 aromatic carbocycles. The van der Waals surface area contributed by atoms with Crippen molar-refractivity contribution in [1.29, 1.82) is 0 Å². The summed E-state index contributed by atoms with van der Waals surface area (Å²) in [5.41, 5.74) is 3.54. The average molecular weight is 395 g/mol. The highest BCUT2D eigenvalue weighted by molar-refractivity contribution is 7.99. The largest absolute Gasteiger partial charge is 0.411 e. The van der Waals surface area contributed by atoms with Crippen LogP contribution in [0.25, 0.3) is 21.7 Å². The highest BCUT2D eigenvalue weighted by atomic mass is 32.2. The van der Waals surface area contributed by atoms with E-state index in [2.05, 4.69) is 34.0 Å². The Bertz CT molecular complexity index is 1120. The van der Waals surface area contributed by atoms with Crippen molar-refractivity contribution in [1.82, 2.24) is 20.2 Å². The smallest absolute Gasteiger partial charge is 0.283 e. The van der Waals surface area contributed by atoms with Crippen molar-refractivity contribution >= 4 is 33.3 Å². The normalized spacial score (nSPS) is 16.6. The number of nitrogens with zero attached hydrogens (tertiary/aromatic N) is 4. The molecule has 136 valence electrons. The first-order chi connectivity index (χ1) is 13.2. The number of thiophene rings is 1. The summed E-state index contributed by atoms with van der Waals surface area (Å²) in [4.78, 5) is 11.5. The zero-order valence-electron chi connectivity index (χ0n) is 15.1. The Morgan fingerprint density at radius 1 is 1.15 bits per heavy atom. The van der Waals surface area contributed by atoms with E-state index in [-0.39, 0.29) is 0 Å². The Kier molecular flexibility index (Phi) is 4.21. The van der Waals surface area contributed by atoms with E-state index in [0.717, 1.165) is 34.2 Å². The number of aromatic nitrogens is 4. The van der Waals surface area contributed by atoms with Crippen LogP contribution in [0, 0.1) is 12.8 Å². The number of benzene rings is 1. The van der Waals surface area contributed by atoms with Crippen LogP contribution in [-0.4, -0.2) is 20.2 Å². The van der Waals surface area contributed by atoms with Crippen molar-refractivity contribution < 1.29 is 4.42 Å². The third-order valence-corrected chi connectivity index (χ3v) is 6.95. The van der Waals surface area contributed by atoms with Crippen LogP contribution in [0.3, 0.4) is 0 Å². The van der Waals surface area contributed by atoms with Gasteiger partial charge in [-0.2, -0.15) is 0 Å². The van der Waals surface area contributed by atoms with Gasteiger partial charge in [0, 0.05) is 15.8 Å². The van der Waals surface area contributed by atoms with Crippen molar-refractivity contribution in [3.63, 3.8) is 0 Å². The molecular formula is C20H18N4OS2. The van der Waals surface area contributed by atoms with Crippen molar-refractivity contribution in [3.05, 3.63) is 46.6 Å². The zero-order chi connectivity index (χ0) is 18.4. The van der Waals surface area contributed by atoms with Crippen LogP contribution in [0.15, 0.2) is 45.3 Å². The number of hydrogen-bond acceptors (Lipinski definition) is 7. The monoisotopic (exact) mass is 394 g/mol. The Labute approximate surface area is 165 Å². The van der Waals surface area contributed by atoms with Crippen molar-refractivity contribution in [2.24, 2.45) is 5.92 Å². The SMILES string of the molecule is Cc1ccc(-c2nnc(Sc3ncnc4sc5c(c34)CC[C@H](C)C5)o2)cc1. The van der Waals surface area contributed by atoms with Crippen LogP contribution in [-0.2, 0) is 12.8 Å². The molecule has 5 rings (SSSR count). The zero-order valence-corrected chi connectivity index (χ0v) is 16.7. The van der Waals surface area contributed by atoms with Crippen LogP contribution in [0.5, 0.6) is 0 Å². The minimum Gasteiger partial charge on any atom is -0.411 e. The van der Waals surface area contributed by atoms with Crippen LogP contribution in [0.2, 0.25) is 0 Å². The highest BCUT2D eigenvalue weighted by Gasteiger charge is 2.24. The first-order valence-corrected chi connectivity index (χ1v) is 10.6. The molecule has 27 heavy (non-hydrogen) atoms. The highest BCUT2D eigenvalue weighted by Crippen LogP contribution is 2.42. The molecule has 3 heterocycles. The fourth-order valence-corrected chi connectivity index (χ4v) is 5.67. The van der Waals surface area contributed by atoms with Gasteiger partial charge in [-0.1, -0.05) is 24.6 Å². The second kappa shape index (κ2) is 6.73. The lowest BCUT2D eigenvalue weighted by Crippen LogP contribution is -2.08. The minimum absolute atomic E-state index is 0.509. The maximum Gasteiger partial charge on any atom is 0.283 e. The van der Waals surface area contributed by atoms with Crippen LogP contribution < -0.4 is 0 Å². The first kappa shape index (κ1) is 16.9. The van der Waals surface area contributed by atoms with Crippen molar-refractivity contribution in [2.45, 2.75) is 43.4 Å². The molecular weight excluding hydrogens is 376 g/mol. The van der Waals surface area contributed by atoms with E-state index < -0.39 is 0 Å². The van der Waals surface area contributed by atoms with Gasteiger partial charge in [0.25, 0.3) is 5.22 Å². The van der Waals surface area contributed by atoms with Crippen LogP contribution >= 0.6 is 23.1 Å². The summed E-state index contributed by atoms with van der Waals surface area (Å²) in [5, 5.41) is 11.0. The summed E-state index contributed by atoms with van der Waals surface area (Å²) in [5.74, 6) is 1.27. The van der Waals surface area contributed by atoms with E-state index in [1.807, 2.05) is 24.3 Å². The molecule has 1 aliphatic carbocycles. The number of aryl methyl sites for hydroxylation is 2. The Morgan fingerprint density at radius 3 is 2.85 bits per heavy atom. The summed E-state index contributed by atoms with van der Waals surface area (Å²) < 4.78 is 5.88. The molecule has 1 aliphatic rings. The van der Waals surface area contributed by atoms with E-state index in [1.165, 1.54) is 39.6 Å². The number of fused-ring (bicyclic) bond motifs is 3. The number of rotatable bonds is 3. The quantitative estimate of drug-likeness (QED) is 0.438. The predicted octanol–water partition coefficient (Wildman–Crippen LogP) is 5.33. The molecule has 0 amide bonds. The van der Waals surface area contributed by atoms with Gasteiger partial charge in [-0.25, -0.2) is 9.97 Å². The average Bonchev–Trinajstić information content (AvgIpc) is 3.26. The maximum absolute atomic E-state index is 5.88. The molecule has 0 saturated heterocycles. The van der Waals surface area contributed by atoms with E-state index in [4.69, 9.17) is 4.42 Å². The molecule has 0 spiro atoms. The van der Waals surface area contributed by atoms with Gasteiger partial charge in [0.2, 0.25) is 5.89 Å². The molecule has 7 heteroatoms. The lowest BCUT2D eigenvalue weighted by Gasteiger charge is -2.17. The fourth-order valence-electron chi connectivity index (χ4n) is 3.47. The van der Waals surface area contributed by atoms with Gasteiger partial charge < -0.3 is 4.42 Å². The third kappa shape index (κ3) is 3.15. The third-order valence-electron chi connectivity index (χ3n) is 4.95. The molecule has 0 aliphatic heterocycles. The van der Waals surface area contributed by atoms with Crippen molar-refractivity contribution in [2.75, 3.05) is 0 Å². The Balaban J connectivity index is 1.49. The van der Waals surface area contributed by atoms with Gasteiger partial charge in [0.15, 0.2) is 0 Å². The van der Waals surface area contributed by atoms with Gasteiger partial charge in [0.1, 0.15) is 16.2 Å². The van der Waals surface area contributed by atoms with E-state index in [9.17, 15) is 0 Å². The van der Waals surface area contributed by atoms with Crippen LogP contribution in [0.4, 0.5) is 0 Å². The molecule has 1 atom stereocenters. The lowest BCUT2D eigenvalue weighted by atomic mass is 9.89. The molecule has 0 unspecified atom stereocenters. The van der Waals surface area contributed by atoms with E-state index in [1.54, 1.807) is 17.7 Å². The molecule has 5 nitrogen and oxygen atoms in total. The topological polar surface area (TPSA) is 64.7 Å². The fraction of sp³-hybridized carbons (Fsp3) is 0.300. The van der Waals surface area contributed by atoms with Crippen molar-refractivity contribution in [3.8, 4) is 11.5 Å². The second-order valence-electron chi connectivity index (χ2n) is 7.05. The molecule has 3 aromatic heterocycles. The molecule has 0 bridgehead atoms. The predicted molar refractivity (Wildman–Crippen MR) is 107 cm³/mol. The number of hydrogen-bond donors (Lipinski definition) is 0. The van der Waals surface area contributed by atoms with Gasteiger partial charge >= 0.3 is 0 Å². The summed E-state index contributed by atoms with van der Waals surface area (Å²) in [7, 11) is 0. The van der Waals surface area contributed by atoms with Crippen LogP contribution in [0.1, 0.15) is 29.3 Å². The van der Waals surface area contributed by atoms with Gasteiger partial charge in [-0.05, 0) is 61.6 Å². The molecule has 0 saturated carbocycles. The molecule has 4 aromatic rings. The Morgan fingerprint density at radius 2 is 2.00 bits per heavy atom. The molecule has 0 N–H and O–H groups in total. The maximum atomic E-state index is 5.88. The lowest BCUT2D eigenvalue weighted by molar-refractivity contribution is 0.465. The first-order valence-electron chi connectivity index (χ1n) is 9.01. The second-order valence-corrected chi connectivity index (χ2v) is 9.08. The standard InChI is InChI=1S/C20H18N4OS2/c1-11-3-6-13(7-4-11)17-23-24-20(25-17)27-19-16-14-8-5-12(2)9-15(14)26-18(16)21-10-22-19/h3-4,6-7,10,12H,5,8-9H2,1-2H3/t12-/m0/s1. The van der Waals surface area contributed by atoms with Gasteiger partial charge in [0.05, 0.1) is 0 Å². The molecule has 0 radical (unpaired) electrons. The summed E-state index contributed by atoms with van der Waals surface area (Å²) in [6, 6.07) is 8.07. The summed E-state index contributed by atoms with van der Waals surface area (Å²) in [6.07, 6.45) is 5.08. The summed E-state index contributed by atoms with van der Waals surface area (Å²) in [6.45, 7) is 4.38. The Hall–Kier alpha value is -2.25. The minimum atomic E-state index is 0.509. The van der Waals surface area contributed by atoms with E-state index in [0.29, 0.717) is 11.1 Å². The summed E-state index contributed by atoms with van der Waals surface area (Å²) >= 11 is 3.23. The van der Waals surface area contributed by atoms with E-state index >= 15 is 0 Å². The van der Waals surface area contributed by atoms with Gasteiger partial charge in [-0.3, -0.25) is 0 Å². The molecule has 0 fully saturated rings. The van der Waals surface area contributed by atoms with Gasteiger partial charge in [-0.15, -0.1) is 21.5 Å².